The Morgan fingerprint density at radius 3 is 1.69 bits per heavy atom. The highest BCUT2D eigenvalue weighted by Gasteiger charge is 2.06. The standard InChI is InChI=1S/C12H18O/c1-4-9-7-11(13)8-10(5-2)12(9)6-3/h7-8,13H,4-6H2,1-3H3. The van der Waals surface area contributed by atoms with E-state index in [-0.39, 0.29) is 0 Å². The molecule has 0 atom stereocenters. The molecule has 72 valence electrons. The summed E-state index contributed by atoms with van der Waals surface area (Å²) in [6.45, 7) is 6.44. The molecule has 1 aromatic rings. The predicted molar refractivity (Wildman–Crippen MR) is 56.2 cm³/mol. The van der Waals surface area contributed by atoms with Gasteiger partial charge in [0.15, 0.2) is 0 Å². The van der Waals surface area contributed by atoms with Gasteiger partial charge in [0, 0.05) is 0 Å². The third-order valence-electron chi connectivity index (χ3n) is 2.53. The summed E-state index contributed by atoms with van der Waals surface area (Å²) in [6.07, 6.45) is 3.07. The average molecular weight is 178 g/mol. The Bertz CT molecular complexity index is 264. The van der Waals surface area contributed by atoms with E-state index >= 15 is 0 Å². The van der Waals surface area contributed by atoms with Gasteiger partial charge in [-0.2, -0.15) is 0 Å². The minimum atomic E-state index is 0.408. The summed E-state index contributed by atoms with van der Waals surface area (Å²) in [5.41, 5.74) is 4.00. The Morgan fingerprint density at radius 2 is 1.38 bits per heavy atom. The van der Waals surface area contributed by atoms with Crippen molar-refractivity contribution in [2.75, 3.05) is 0 Å². The van der Waals surface area contributed by atoms with Crippen LogP contribution in [0.15, 0.2) is 12.1 Å². The number of rotatable bonds is 3. The van der Waals surface area contributed by atoms with Crippen molar-refractivity contribution in [3.63, 3.8) is 0 Å². The SMILES string of the molecule is CCc1cc(O)cc(CC)c1CC. The number of aromatic hydroxyl groups is 1. The van der Waals surface area contributed by atoms with E-state index in [4.69, 9.17) is 0 Å². The van der Waals surface area contributed by atoms with E-state index in [2.05, 4.69) is 20.8 Å². The first-order valence-electron chi connectivity index (χ1n) is 5.06. The molecule has 0 amide bonds. The maximum Gasteiger partial charge on any atom is 0.116 e. The Hall–Kier alpha value is -0.980. The van der Waals surface area contributed by atoms with Gasteiger partial charge in [0.1, 0.15) is 5.75 Å². The van der Waals surface area contributed by atoms with Crippen LogP contribution >= 0.6 is 0 Å². The van der Waals surface area contributed by atoms with Gasteiger partial charge >= 0.3 is 0 Å². The van der Waals surface area contributed by atoms with Crippen molar-refractivity contribution in [1.82, 2.24) is 0 Å². The van der Waals surface area contributed by atoms with E-state index in [0.717, 1.165) is 19.3 Å². The number of phenols is 1. The number of aryl methyl sites for hydroxylation is 2. The third-order valence-corrected chi connectivity index (χ3v) is 2.53. The lowest BCUT2D eigenvalue weighted by molar-refractivity contribution is 0.473. The maximum atomic E-state index is 9.48. The molecule has 0 aliphatic carbocycles. The Labute approximate surface area is 80.4 Å². The minimum Gasteiger partial charge on any atom is -0.508 e. The molecule has 0 saturated heterocycles. The molecule has 0 radical (unpaired) electrons. The summed E-state index contributed by atoms with van der Waals surface area (Å²) in [4.78, 5) is 0. The highest BCUT2D eigenvalue weighted by Crippen LogP contribution is 2.23. The lowest BCUT2D eigenvalue weighted by atomic mass is 9.95. The minimum absolute atomic E-state index is 0.408. The van der Waals surface area contributed by atoms with Gasteiger partial charge in [-0.3, -0.25) is 0 Å². The largest absolute Gasteiger partial charge is 0.508 e. The van der Waals surface area contributed by atoms with E-state index < -0.39 is 0 Å². The quantitative estimate of drug-likeness (QED) is 0.754. The van der Waals surface area contributed by atoms with Gasteiger partial charge in [-0.1, -0.05) is 20.8 Å². The summed E-state index contributed by atoms with van der Waals surface area (Å²) in [5.74, 6) is 0.408. The van der Waals surface area contributed by atoms with Crippen molar-refractivity contribution in [1.29, 1.82) is 0 Å². The molecule has 0 fully saturated rings. The van der Waals surface area contributed by atoms with Crippen molar-refractivity contribution < 1.29 is 5.11 Å². The molecule has 1 N–H and O–H groups in total. The van der Waals surface area contributed by atoms with Crippen LogP contribution in [0.3, 0.4) is 0 Å². The molecular formula is C12H18O. The third kappa shape index (κ3) is 2.03. The first-order chi connectivity index (χ1) is 6.22. The fourth-order valence-corrected chi connectivity index (χ4v) is 1.86. The first-order valence-corrected chi connectivity index (χ1v) is 5.06. The Morgan fingerprint density at radius 1 is 0.923 bits per heavy atom. The van der Waals surface area contributed by atoms with Gasteiger partial charge in [0.25, 0.3) is 0 Å². The van der Waals surface area contributed by atoms with Gasteiger partial charge in [-0.15, -0.1) is 0 Å². The van der Waals surface area contributed by atoms with Crippen LogP contribution in [-0.2, 0) is 19.3 Å². The second-order valence-corrected chi connectivity index (χ2v) is 3.30. The summed E-state index contributed by atoms with van der Waals surface area (Å²) >= 11 is 0. The van der Waals surface area contributed by atoms with Crippen LogP contribution in [0.25, 0.3) is 0 Å². The molecule has 0 heterocycles. The molecule has 1 aromatic carbocycles. The molecule has 13 heavy (non-hydrogen) atoms. The fourth-order valence-electron chi connectivity index (χ4n) is 1.86. The van der Waals surface area contributed by atoms with Gasteiger partial charge in [-0.05, 0) is 48.1 Å². The lowest BCUT2D eigenvalue weighted by Crippen LogP contribution is -1.97. The molecule has 0 bridgehead atoms. The molecular weight excluding hydrogens is 160 g/mol. The van der Waals surface area contributed by atoms with E-state index in [0.29, 0.717) is 5.75 Å². The van der Waals surface area contributed by atoms with Gasteiger partial charge < -0.3 is 5.11 Å². The smallest absolute Gasteiger partial charge is 0.116 e. The predicted octanol–water partition coefficient (Wildman–Crippen LogP) is 3.08. The van der Waals surface area contributed by atoms with Crippen molar-refractivity contribution >= 4 is 0 Å². The molecule has 0 aliphatic heterocycles. The molecule has 0 aliphatic rings. The zero-order chi connectivity index (χ0) is 9.84. The van der Waals surface area contributed by atoms with Crippen LogP contribution in [0.1, 0.15) is 37.5 Å². The van der Waals surface area contributed by atoms with Gasteiger partial charge in [-0.25, -0.2) is 0 Å². The highest BCUT2D eigenvalue weighted by molar-refractivity contribution is 5.41. The van der Waals surface area contributed by atoms with Crippen molar-refractivity contribution in [3.05, 3.63) is 28.8 Å². The van der Waals surface area contributed by atoms with Crippen molar-refractivity contribution in [2.45, 2.75) is 40.0 Å². The number of benzene rings is 1. The van der Waals surface area contributed by atoms with Gasteiger partial charge in [0.2, 0.25) is 0 Å². The lowest BCUT2D eigenvalue weighted by Gasteiger charge is -2.11. The first kappa shape index (κ1) is 10.1. The summed E-state index contributed by atoms with van der Waals surface area (Å²) < 4.78 is 0. The van der Waals surface area contributed by atoms with E-state index in [1.165, 1.54) is 16.7 Å². The van der Waals surface area contributed by atoms with E-state index in [1.807, 2.05) is 12.1 Å². The fraction of sp³-hybridized carbons (Fsp3) is 0.500. The second-order valence-electron chi connectivity index (χ2n) is 3.30. The molecule has 0 unspecified atom stereocenters. The van der Waals surface area contributed by atoms with Gasteiger partial charge in [0.05, 0.1) is 0 Å². The normalized spacial score (nSPS) is 10.4. The summed E-state index contributed by atoms with van der Waals surface area (Å²) in [6, 6.07) is 3.77. The Balaban J connectivity index is 3.25. The maximum absolute atomic E-state index is 9.48. The molecule has 0 aromatic heterocycles. The summed E-state index contributed by atoms with van der Waals surface area (Å²) in [7, 11) is 0. The highest BCUT2D eigenvalue weighted by atomic mass is 16.3. The second kappa shape index (κ2) is 4.31. The number of phenolic OH excluding ortho intramolecular Hbond substituents is 1. The van der Waals surface area contributed by atoms with Crippen LogP contribution in [0.4, 0.5) is 0 Å². The summed E-state index contributed by atoms with van der Waals surface area (Å²) in [5, 5.41) is 9.48. The van der Waals surface area contributed by atoms with Crippen LogP contribution < -0.4 is 0 Å². The van der Waals surface area contributed by atoms with Crippen molar-refractivity contribution in [3.8, 4) is 5.75 Å². The molecule has 1 rings (SSSR count). The molecule has 0 saturated carbocycles. The van der Waals surface area contributed by atoms with E-state index in [1.54, 1.807) is 0 Å². The van der Waals surface area contributed by atoms with Crippen LogP contribution in [-0.4, -0.2) is 5.11 Å². The van der Waals surface area contributed by atoms with Crippen molar-refractivity contribution in [2.24, 2.45) is 0 Å². The zero-order valence-electron chi connectivity index (χ0n) is 8.72. The topological polar surface area (TPSA) is 20.2 Å². The van der Waals surface area contributed by atoms with Crippen LogP contribution in [0.2, 0.25) is 0 Å². The molecule has 1 nitrogen and oxygen atoms in total. The number of hydrogen-bond donors (Lipinski definition) is 1. The monoisotopic (exact) mass is 178 g/mol. The van der Waals surface area contributed by atoms with E-state index in [9.17, 15) is 5.11 Å². The Kier molecular flexibility index (Phi) is 3.35. The zero-order valence-corrected chi connectivity index (χ0v) is 8.72. The number of hydrogen-bond acceptors (Lipinski definition) is 1. The average Bonchev–Trinajstić information content (AvgIpc) is 2.16. The van der Waals surface area contributed by atoms with Crippen LogP contribution in [0.5, 0.6) is 5.75 Å². The molecule has 1 heteroatoms. The molecule has 0 spiro atoms. The van der Waals surface area contributed by atoms with Crippen LogP contribution in [0, 0.1) is 0 Å².